The lowest BCUT2D eigenvalue weighted by atomic mass is 10.1. The maximum absolute atomic E-state index is 11.5. The molecule has 0 atom stereocenters. The monoisotopic (exact) mass is 250 g/mol. The van der Waals surface area contributed by atoms with Gasteiger partial charge in [-0.1, -0.05) is 6.07 Å². The second-order valence-electron chi connectivity index (χ2n) is 5.12. The molecule has 0 spiro atoms. The summed E-state index contributed by atoms with van der Waals surface area (Å²) >= 11 is 0. The Balaban J connectivity index is 2.72. The number of ether oxygens (including phenoxy) is 2. The SMILES string of the molecule is COC(C)(C)CCOc1cc(C)ccc1C(C)=O. The van der Waals surface area contributed by atoms with Gasteiger partial charge in [0.25, 0.3) is 0 Å². The highest BCUT2D eigenvalue weighted by Crippen LogP contribution is 2.22. The van der Waals surface area contributed by atoms with Gasteiger partial charge in [0.05, 0.1) is 17.8 Å². The fraction of sp³-hybridized carbons (Fsp3) is 0.533. The van der Waals surface area contributed by atoms with Crippen LogP contribution in [0.15, 0.2) is 18.2 Å². The zero-order valence-corrected chi connectivity index (χ0v) is 11.9. The molecular weight excluding hydrogens is 228 g/mol. The van der Waals surface area contributed by atoms with Gasteiger partial charge in [0.15, 0.2) is 5.78 Å². The van der Waals surface area contributed by atoms with Crippen molar-refractivity contribution in [3.8, 4) is 5.75 Å². The van der Waals surface area contributed by atoms with Crippen molar-refractivity contribution in [1.82, 2.24) is 0 Å². The van der Waals surface area contributed by atoms with Gasteiger partial charge in [0, 0.05) is 13.5 Å². The molecule has 0 radical (unpaired) electrons. The van der Waals surface area contributed by atoms with Gasteiger partial charge in [-0.05, 0) is 45.4 Å². The summed E-state index contributed by atoms with van der Waals surface area (Å²) in [5, 5.41) is 0. The first-order chi connectivity index (χ1) is 8.35. The van der Waals surface area contributed by atoms with E-state index in [2.05, 4.69) is 0 Å². The zero-order chi connectivity index (χ0) is 13.8. The second kappa shape index (κ2) is 6.01. The van der Waals surface area contributed by atoms with E-state index >= 15 is 0 Å². The van der Waals surface area contributed by atoms with Gasteiger partial charge >= 0.3 is 0 Å². The number of rotatable bonds is 6. The highest BCUT2D eigenvalue weighted by Gasteiger charge is 2.17. The molecule has 0 bridgehead atoms. The van der Waals surface area contributed by atoms with E-state index < -0.39 is 0 Å². The van der Waals surface area contributed by atoms with Crippen LogP contribution < -0.4 is 4.74 Å². The van der Waals surface area contributed by atoms with Gasteiger partial charge in [0.1, 0.15) is 5.75 Å². The van der Waals surface area contributed by atoms with Crippen LogP contribution >= 0.6 is 0 Å². The third-order valence-electron chi connectivity index (χ3n) is 3.03. The number of aryl methyl sites for hydroxylation is 1. The lowest BCUT2D eigenvalue weighted by Gasteiger charge is -2.23. The smallest absolute Gasteiger partial charge is 0.163 e. The van der Waals surface area contributed by atoms with Gasteiger partial charge in [0.2, 0.25) is 0 Å². The van der Waals surface area contributed by atoms with Gasteiger partial charge in [-0.25, -0.2) is 0 Å². The van der Waals surface area contributed by atoms with E-state index in [1.807, 2.05) is 39.0 Å². The number of benzene rings is 1. The number of carbonyl (C=O) groups is 1. The van der Waals surface area contributed by atoms with E-state index in [4.69, 9.17) is 9.47 Å². The van der Waals surface area contributed by atoms with Crippen molar-refractivity contribution < 1.29 is 14.3 Å². The van der Waals surface area contributed by atoms with Crippen molar-refractivity contribution >= 4 is 5.78 Å². The van der Waals surface area contributed by atoms with E-state index in [0.29, 0.717) is 17.9 Å². The molecule has 0 saturated heterocycles. The van der Waals surface area contributed by atoms with Gasteiger partial charge in [-0.3, -0.25) is 4.79 Å². The van der Waals surface area contributed by atoms with Gasteiger partial charge in [-0.15, -0.1) is 0 Å². The van der Waals surface area contributed by atoms with Crippen LogP contribution in [-0.2, 0) is 4.74 Å². The van der Waals surface area contributed by atoms with Crippen LogP contribution in [0.2, 0.25) is 0 Å². The van der Waals surface area contributed by atoms with Gasteiger partial charge in [-0.2, -0.15) is 0 Å². The third kappa shape index (κ3) is 4.15. The quantitative estimate of drug-likeness (QED) is 0.726. The average molecular weight is 250 g/mol. The lowest BCUT2D eigenvalue weighted by molar-refractivity contribution is 0.00541. The molecule has 0 amide bonds. The molecule has 1 rings (SSSR count). The first-order valence-electron chi connectivity index (χ1n) is 6.15. The van der Waals surface area contributed by atoms with Crippen LogP contribution in [0.1, 0.15) is 43.1 Å². The summed E-state index contributed by atoms with van der Waals surface area (Å²) in [5.74, 6) is 0.686. The molecule has 0 aromatic heterocycles. The van der Waals surface area contributed by atoms with Crippen LogP contribution in [0.4, 0.5) is 0 Å². The summed E-state index contributed by atoms with van der Waals surface area (Å²) in [4.78, 5) is 11.5. The Hall–Kier alpha value is -1.35. The van der Waals surface area contributed by atoms with E-state index in [9.17, 15) is 4.79 Å². The minimum absolute atomic E-state index is 0.0241. The minimum Gasteiger partial charge on any atom is -0.493 e. The molecule has 0 aliphatic rings. The molecule has 1 aromatic rings. The number of hydrogen-bond acceptors (Lipinski definition) is 3. The molecule has 0 aliphatic carbocycles. The highest BCUT2D eigenvalue weighted by atomic mass is 16.5. The van der Waals surface area contributed by atoms with Crippen molar-refractivity contribution in [1.29, 1.82) is 0 Å². The molecule has 18 heavy (non-hydrogen) atoms. The number of hydrogen-bond donors (Lipinski definition) is 0. The van der Waals surface area contributed by atoms with Crippen LogP contribution in [0.25, 0.3) is 0 Å². The first-order valence-corrected chi connectivity index (χ1v) is 6.15. The van der Waals surface area contributed by atoms with E-state index in [0.717, 1.165) is 12.0 Å². The fourth-order valence-corrected chi connectivity index (χ4v) is 1.55. The molecule has 0 aliphatic heterocycles. The van der Waals surface area contributed by atoms with Crippen molar-refractivity contribution in [3.63, 3.8) is 0 Å². The van der Waals surface area contributed by atoms with Crippen molar-refractivity contribution in [2.24, 2.45) is 0 Å². The molecule has 1 aromatic carbocycles. The summed E-state index contributed by atoms with van der Waals surface area (Å²) in [5.41, 5.74) is 1.51. The van der Waals surface area contributed by atoms with Crippen LogP contribution in [0.3, 0.4) is 0 Å². The molecular formula is C15H22O3. The molecule has 100 valence electrons. The van der Waals surface area contributed by atoms with Crippen molar-refractivity contribution in [2.75, 3.05) is 13.7 Å². The summed E-state index contributed by atoms with van der Waals surface area (Å²) in [6.45, 7) is 8.09. The number of Topliss-reactive ketones (excluding diaryl/α,β-unsaturated/α-hetero) is 1. The normalized spacial score (nSPS) is 11.4. The van der Waals surface area contributed by atoms with E-state index in [1.165, 1.54) is 0 Å². The standard InChI is InChI=1S/C15H22O3/c1-11-6-7-13(12(2)16)14(10-11)18-9-8-15(3,4)17-5/h6-7,10H,8-9H2,1-5H3. The van der Waals surface area contributed by atoms with E-state index in [-0.39, 0.29) is 11.4 Å². The van der Waals surface area contributed by atoms with Crippen molar-refractivity contribution in [2.45, 2.75) is 39.7 Å². The largest absolute Gasteiger partial charge is 0.493 e. The Kier molecular flexibility index (Phi) is 4.91. The first kappa shape index (κ1) is 14.7. The Bertz CT molecular complexity index is 422. The minimum atomic E-state index is -0.208. The Morgan fingerprint density at radius 3 is 2.56 bits per heavy atom. The molecule has 3 nitrogen and oxygen atoms in total. The number of carbonyl (C=O) groups excluding carboxylic acids is 1. The highest BCUT2D eigenvalue weighted by molar-refractivity contribution is 5.96. The van der Waals surface area contributed by atoms with Crippen LogP contribution in [0, 0.1) is 6.92 Å². The van der Waals surface area contributed by atoms with Gasteiger partial charge < -0.3 is 9.47 Å². The molecule has 0 saturated carbocycles. The average Bonchev–Trinajstić information content (AvgIpc) is 2.28. The predicted molar refractivity (Wildman–Crippen MR) is 72.4 cm³/mol. The fourth-order valence-electron chi connectivity index (χ4n) is 1.55. The lowest BCUT2D eigenvalue weighted by Crippen LogP contribution is -2.25. The maximum Gasteiger partial charge on any atom is 0.163 e. The molecule has 0 heterocycles. The molecule has 0 unspecified atom stereocenters. The number of methoxy groups -OCH3 is 1. The topological polar surface area (TPSA) is 35.5 Å². The summed E-state index contributed by atoms with van der Waals surface area (Å²) < 4.78 is 11.0. The summed E-state index contributed by atoms with van der Waals surface area (Å²) in [6.07, 6.45) is 0.773. The zero-order valence-electron chi connectivity index (χ0n) is 11.9. The summed E-state index contributed by atoms with van der Waals surface area (Å²) in [7, 11) is 1.69. The van der Waals surface area contributed by atoms with Crippen LogP contribution in [-0.4, -0.2) is 25.1 Å². The third-order valence-corrected chi connectivity index (χ3v) is 3.03. The molecule has 3 heteroatoms. The predicted octanol–water partition coefficient (Wildman–Crippen LogP) is 3.39. The second-order valence-corrected chi connectivity index (χ2v) is 5.12. The summed E-state index contributed by atoms with van der Waals surface area (Å²) in [6, 6.07) is 5.63. The molecule has 0 N–H and O–H groups in total. The maximum atomic E-state index is 11.5. The van der Waals surface area contributed by atoms with Crippen LogP contribution in [0.5, 0.6) is 5.75 Å². The Labute approximate surface area is 109 Å². The van der Waals surface area contributed by atoms with Crippen molar-refractivity contribution in [3.05, 3.63) is 29.3 Å². The Morgan fingerprint density at radius 2 is 2.00 bits per heavy atom. The number of ketones is 1. The Morgan fingerprint density at radius 1 is 1.33 bits per heavy atom. The van der Waals surface area contributed by atoms with E-state index in [1.54, 1.807) is 14.0 Å². The molecule has 0 fully saturated rings.